The molecule has 0 spiro atoms. The first-order chi connectivity index (χ1) is 11.9. The van der Waals surface area contributed by atoms with Crippen LogP contribution in [-0.4, -0.2) is 17.9 Å². The van der Waals surface area contributed by atoms with Crippen molar-refractivity contribution in [3.8, 4) is 0 Å². The molecule has 0 N–H and O–H groups in total. The van der Waals surface area contributed by atoms with Crippen molar-refractivity contribution in [3.05, 3.63) is 83.4 Å². The number of amides is 1. The zero-order valence-electron chi connectivity index (χ0n) is 13.5. The van der Waals surface area contributed by atoms with E-state index in [1.165, 1.54) is 17.0 Å². The molecule has 0 heterocycles. The summed E-state index contributed by atoms with van der Waals surface area (Å²) in [5.74, 6) is -0.170. The van der Waals surface area contributed by atoms with Crippen LogP contribution in [0.25, 0.3) is 10.8 Å². The van der Waals surface area contributed by atoms with Crippen LogP contribution < -0.4 is 0 Å². The first kappa shape index (κ1) is 17.0. The van der Waals surface area contributed by atoms with E-state index < -0.39 is 11.7 Å². The number of alkyl halides is 3. The van der Waals surface area contributed by atoms with Crippen molar-refractivity contribution in [3.63, 3.8) is 0 Å². The number of fused-ring (bicyclic) bond motifs is 1. The Kier molecular flexibility index (Phi) is 4.49. The van der Waals surface area contributed by atoms with Crippen LogP contribution in [0.5, 0.6) is 0 Å². The number of hydrogen-bond acceptors (Lipinski definition) is 1. The maximum absolute atomic E-state index is 12.7. The molecule has 1 amide bonds. The van der Waals surface area contributed by atoms with E-state index >= 15 is 0 Å². The van der Waals surface area contributed by atoms with E-state index in [4.69, 9.17) is 0 Å². The Morgan fingerprint density at radius 3 is 2.24 bits per heavy atom. The molecule has 0 fully saturated rings. The number of benzene rings is 3. The minimum atomic E-state index is -4.36. The van der Waals surface area contributed by atoms with Gasteiger partial charge >= 0.3 is 6.18 Å². The third kappa shape index (κ3) is 3.65. The van der Waals surface area contributed by atoms with Gasteiger partial charge in [0.2, 0.25) is 0 Å². The monoisotopic (exact) mass is 343 g/mol. The quantitative estimate of drug-likeness (QED) is 0.645. The van der Waals surface area contributed by atoms with Gasteiger partial charge in [0, 0.05) is 19.2 Å². The average Bonchev–Trinajstić information content (AvgIpc) is 2.60. The molecule has 0 aliphatic rings. The molecule has 0 aromatic heterocycles. The normalized spacial score (nSPS) is 11.5. The van der Waals surface area contributed by atoms with Crippen LogP contribution in [0.4, 0.5) is 13.2 Å². The number of carbonyl (C=O) groups is 1. The van der Waals surface area contributed by atoms with Crippen LogP contribution >= 0.6 is 0 Å². The molecular formula is C20H16F3NO. The summed E-state index contributed by atoms with van der Waals surface area (Å²) >= 11 is 0. The van der Waals surface area contributed by atoms with Gasteiger partial charge in [0.1, 0.15) is 0 Å². The number of rotatable bonds is 3. The molecule has 25 heavy (non-hydrogen) atoms. The smallest absolute Gasteiger partial charge is 0.337 e. The summed E-state index contributed by atoms with van der Waals surface area (Å²) < 4.78 is 37.8. The Balaban J connectivity index is 1.81. The molecule has 0 bridgehead atoms. The lowest BCUT2D eigenvalue weighted by Crippen LogP contribution is -2.26. The summed E-state index contributed by atoms with van der Waals surface area (Å²) in [6, 6.07) is 18.0. The highest BCUT2D eigenvalue weighted by Gasteiger charge is 2.30. The van der Waals surface area contributed by atoms with Crippen molar-refractivity contribution in [2.75, 3.05) is 7.05 Å². The second kappa shape index (κ2) is 6.59. The predicted molar refractivity (Wildman–Crippen MR) is 91.2 cm³/mol. The Labute approximate surface area is 143 Å². The van der Waals surface area contributed by atoms with Crippen molar-refractivity contribution >= 4 is 16.7 Å². The molecule has 2 nitrogen and oxygen atoms in total. The molecule has 0 aliphatic carbocycles. The lowest BCUT2D eigenvalue weighted by Gasteiger charge is -2.19. The van der Waals surface area contributed by atoms with Crippen LogP contribution in [0.3, 0.4) is 0 Å². The minimum absolute atomic E-state index is 0.170. The topological polar surface area (TPSA) is 20.3 Å². The van der Waals surface area contributed by atoms with E-state index in [0.717, 1.165) is 22.9 Å². The number of carbonyl (C=O) groups excluding carboxylic acids is 1. The van der Waals surface area contributed by atoms with Gasteiger partial charge < -0.3 is 4.90 Å². The highest BCUT2D eigenvalue weighted by atomic mass is 19.4. The predicted octanol–water partition coefficient (Wildman–Crippen LogP) is 5.13. The SMILES string of the molecule is CN(Cc1ccc(C(F)(F)F)cc1)C(=O)c1cccc2ccccc12. The highest BCUT2D eigenvalue weighted by molar-refractivity contribution is 6.06. The molecule has 0 atom stereocenters. The fourth-order valence-electron chi connectivity index (χ4n) is 2.76. The fourth-order valence-corrected chi connectivity index (χ4v) is 2.76. The first-order valence-corrected chi connectivity index (χ1v) is 7.75. The first-order valence-electron chi connectivity index (χ1n) is 7.75. The molecule has 3 rings (SSSR count). The van der Waals surface area contributed by atoms with Crippen LogP contribution in [0, 0.1) is 0 Å². The second-order valence-corrected chi connectivity index (χ2v) is 5.88. The number of halogens is 3. The van der Waals surface area contributed by atoms with Gasteiger partial charge in [0.05, 0.1) is 5.56 Å². The summed E-state index contributed by atoms with van der Waals surface area (Å²) in [6.07, 6.45) is -4.36. The summed E-state index contributed by atoms with van der Waals surface area (Å²) in [4.78, 5) is 14.2. The van der Waals surface area contributed by atoms with Gasteiger partial charge in [-0.25, -0.2) is 0 Å². The van der Waals surface area contributed by atoms with E-state index in [-0.39, 0.29) is 12.5 Å². The molecule has 0 unspecified atom stereocenters. The molecule has 3 aromatic carbocycles. The lowest BCUT2D eigenvalue weighted by atomic mass is 10.0. The molecule has 128 valence electrons. The van der Waals surface area contributed by atoms with Crippen molar-refractivity contribution in [2.45, 2.75) is 12.7 Å². The van der Waals surface area contributed by atoms with Crippen molar-refractivity contribution in [2.24, 2.45) is 0 Å². The minimum Gasteiger partial charge on any atom is -0.337 e. The van der Waals surface area contributed by atoms with E-state index in [1.807, 2.05) is 36.4 Å². The van der Waals surface area contributed by atoms with Gasteiger partial charge in [-0.05, 0) is 34.5 Å². The largest absolute Gasteiger partial charge is 0.416 e. The van der Waals surface area contributed by atoms with E-state index in [9.17, 15) is 18.0 Å². The third-order valence-electron chi connectivity index (χ3n) is 4.07. The lowest BCUT2D eigenvalue weighted by molar-refractivity contribution is -0.137. The Morgan fingerprint density at radius 2 is 1.56 bits per heavy atom. The molecule has 0 radical (unpaired) electrons. The average molecular weight is 343 g/mol. The Bertz CT molecular complexity index is 895. The maximum atomic E-state index is 12.7. The van der Waals surface area contributed by atoms with Crippen LogP contribution in [-0.2, 0) is 12.7 Å². The van der Waals surface area contributed by atoms with Crippen LogP contribution in [0.2, 0.25) is 0 Å². The van der Waals surface area contributed by atoms with Gasteiger partial charge in [0.25, 0.3) is 5.91 Å². The zero-order valence-corrected chi connectivity index (χ0v) is 13.5. The number of nitrogens with zero attached hydrogens (tertiary/aromatic N) is 1. The van der Waals surface area contributed by atoms with E-state index in [0.29, 0.717) is 11.1 Å². The summed E-state index contributed by atoms with van der Waals surface area (Å²) in [5, 5.41) is 1.82. The van der Waals surface area contributed by atoms with Crippen LogP contribution in [0.1, 0.15) is 21.5 Å². The molecule has 5 heteroatoms. The van der Waals surface area contributed by atoms with Crippen LogP contribution in [0.15, 0.2) is 66.7 Å². The molecule has 0 saturated heterocycles. The molecule has 3 aromatic rings. The molecular weight excluding hydrogens is 327 g/mol. The summed E-state index contributed by atoms with van der Waals surface area (Å²) in [5.41, 5.74) is 0.524. The van der Waals surface area contributed by atoms with Gasteiger partial charge in [-0.3, -0.25) is 4.79 Å². The van der Waals surface area contributed by atoms with Crippen molar-refractivity contribution in [1.82, 2.24) is 4.90 Å². The fraction of sp³-hybridized carbons (Fsp3) is 0.150. The Morgan fingerprint density at radius 1 is 0.920 bits per heavy atom. The van der Waals surface area contributed by atoms with Gasteiger partial charge in [-0.2, -0.15) is 13.2 Å². The highest BCUT2D eigenvalue weighted by Crippen LogP contribution is 2.29. The van der Waals surface area contributed by atoms with E-state index in [2.05, 4.69) is 0 Å². The molecule has 0 aliphatic heterocycles. The van der Waals surface area contributed by atoms with Crippen molar-refractivity contribution < 1.29 is 18.0 Å². The van der Waals surface area contributed by atoms with Crippen molar-refractivity contribution in [1.29, 1.82) is 0 Å². The third-order valence-corrected chi connectivity index (χ3v) is 4.07. The van der Waals surface area contributed by atoms with Gasteiger partial charge in [-0.15, -0.1) is 0 Å². The zero-order chi connectivity index (χ0) is 18.0. The summed E-state index contributed by atoms with van der Waals surface area (Å²) in [7, 11) is 1.64. The maximum Gasteiger partial charge on any atom is 0.416 e. The van der Waals surface area contributed by atoms with Gasteiger partial charge in [-0.1, -0.05) is 48.5 Å². The van der Waals surface area contributed by atoms with E-state index in [1.54, 1.807) is 13.1 Å². The Hall–Kier alpha value is -2.82. The standard InChI is InChI=1S/C20H16F3NO/c1-24(13-14-9-11-16(12-10-14)20(21,22)23)19(25)18-8-4-6-15-5-2-3-7-17(15)18/h2-12H,13H2,1H3. The van der Waals surface area contributed by atoms with Gasteiger partial charge in [0.15, 0.2) is 0 Å². The summed E-state index contributed by atoms with van der Waals surface area (Å²) in [6.45, 7) is 0.236. The second-order valence-electron chi connectivity index (χ2n) is 5.88. The number of hydrogen-bond donors (Lipinski definition) is 0. The molecule has 0 saturated carbocycles.